The summed E-state index contributed by atoms with van der Waals surface area (Å²) >= 11 is 0. The van der Waals surface area contributed by atoms with Gasteiger partial charge in [-0.3, -0.25) is 9.78 Å². The monoisotopic (exact) mass is 378 g/mol. The molecule has 2 aromatic heterocycles. The Bertz CT molecular complexity index is 935. The number of nitrogens with zero attached hydrogens (tertiary/aromatic N) is 2. The Morgan fingerprint density at radius 2 is 1.82 bits per heavy atom. The molecule has 0 aliphatic rings. The molecule has 0 saturated heterocycles. The van der Waals surface area contributed by atoms with E-state index in [0.717, 1.165) is 47.2 Å². The molecule has 0 bridgehead atoms. The predicted octanol–water partition coefficient (Wildman–Crippen LogP) is 4.77. The second-order valence-corrected chi connectivity index (χ2v) is 8.26. The fourth-order valence-corrected chi connectivity index (χ4v) is 3.40. The quantitative estimate of drug-likeness (QED) is 0.582. The lowest BCUT2D eigenvalue weighted by Gasteiger charge is -2.19. The summed E-state index contributed by atoms with van der Waals surface area (Å²) < 4.78 is 0. The number of aromatic nitrogens is 3. The average molecular weight is 379 g/mol. The average Bonchev–Trinajstić information content (AvgIpc) is 3.03. The molecular formula is C23H30N4O. The lowest BCUT2D eigenvalue weighted by atomic mass is 9.86. The van der Waals surface area contributed by atoms with Gasteiger partial charge in [-0.2, -0.15) is 0 Å². The van der Waals surface area contributed by atoms with Crippen LogP contribution < -0.4 is 5.32 Å². The zero-order valence-corrected chi connectivity index (χ0v) is 17.3. The number of benzene rings is 1. The number of carbonyl (C=O) groups is 1. The van der Waals surface area contributed by atoms with Gasteiger partial charge < -0.3 is 10.3 Å². The van der Waals surface area contributed by atoms with Gasteiger partial charge in [-0.1, -0.05) is 52.0 Å². The highest BCUT2D eigenvalue weighted by atomic mass is 16.1. The number of H-pyrrole nitrogens is 1. The Kier molecular flexibility index (Phi) is 6.12. The minimum atomic E-state index is 0.124. The van der Waals surface area contributed by atoms with E-state index in [4.69, 9.17) is 0 Å². The molecule has 5 nitrogen and oxygen atoms in total. The normalized spacial score (nSPS) is 11.7. The minimum Gasteiger partial charge on any atom is -0.356 e. The van der Waals surface area contributed by atoms with Crippen LogP contribution in [0.15, 0.2) is 36.7 Å². The maximum absolute atomic E-state index is 11.7. The van der Waals surface area contributed by atoms with Crippen molar-refractivity contribution in [1.82, 2.24) is 20.3 Å². The minimum absolute atomic E-state index is 0.124. The predicted molar refractivity (Wildman–Crippen MR) is 114 cm³/mol. The number of nitrogens with one attached hydrogen (secondary N) is 2. The van der Waals surface area contributed by atoms with Gasteiger partial charge >= 0.3 is 0 Å². The van der Waals surface area contributed by atoms with Crippen molar-refractivity contribution in [2.45, 2.75) is 58.8 Å². The molecule has 148 valence electrons. The van der Waals surface area contributed by atoms with Crippen molar-refractivity contribution in [3.63, 3.8) is 0 Å². The first-order valence-electron chi connectivity index (χ1n) is 10.1. The topological polar surface area (TPSA) is 70.7 Å². The highest BCUT2D eigenvalue weighted by molar-refractivity contribution is 5.85. The van der Waals surface area contributed by atoms with Crippen LogP contribution in [0, 0.1) is 0 Å². The molecule has 2 N–H and O–H groups in total. The molecule has 0 saturated carbocycles. The van der Waals surface area contributed by atoms with Gasteiger partial charge in [-0.05, 0) is 35.8 Å². The second kappa shape index (κ2) is 8.55. The third-order valence-electron chi connectivity index (χ3n) is 4.97. The van der Waals surface area contributed by atoms with Crippen LogP contribution in [0.25, 0.3) is 22.4 Å². The molecular weight excluding hydrogens is 348 g/mol. The Balaban J connectivity index is 1.84. The van der Waals surface area contributed by atoms with Crippen LogP contribution in [0.1, 0.15) is 58.1 Å². The summed E-state index contributed by atoms with van der Waals surface area (Å²) in [4.78, 5) is 24.1. The zero-order valence-electron chi connectivity index (χ0n) is 17.3. The van der Waals surface area contributed by atoms with Crippen LogP contribution in [-0.4, -0.2) is 27.4 Å². The molecule has 0 spiro atoms. The number of hydrogen-bond donors (Lipinski definition) is 2. The Hall–Kier alpha value is -2.69. The van der Waals surface area contributed by atoms with E-state index in [-0.39, 0.29) is 11.3 Å². The van der Waals surface area contributed by atoms with E-state index in [1.54, 1.807) is 12.4 Å². The molecule has 1 amide bonds. The zero-order chi connectivity index (χ0) is 20.1. The van der Waals surface area contributed by atoms with E-state index < -0.39 is 0 Å². The van der Waals surface area contributed by atoms with Crippen LogP contribution in [0.4, 0.5) is 0 Å². The highest BCUT2D eigenvalue weighted by Gasteiger charge is 2.17. The number of carbonyl (C=O) groups excluding carboxylic acids is 1. The third-order valence-corrected chi connectivity index (χ3v) is 4.97. The Morgan fingerprint density at radius 3 is 2.50 bits per heavy atom. The summed E-state index contributed by atoms with van der Waals surface area (Å²) in [5.41, 5.74) is 6.53. The Labute approximate surface area is 167 Å². The fourth-order valence-electron chi connectivity index (χ4n) is 3.40. The van der Waals surface area contributed by atoms with Gasteiger partial charge in [0, 0.05) is 30.9 Å². The van der Waals surface area contributed by atoms with Crippen molar-refractivity contribution >= 4 is 17.1 Å². The molecule has 0 atom stereocenters. The first kappa shape index (κ1) is 20.1. The van der Waals surface area contributed by atoms with Crippen molar-refractivity contribution < 1.29 is 4.79 Å². The van der Waals surface area contributed by atoms with Crippen LogP contribution >= 0.6 is 0 Å². The van der Waals surface area contributed by atoms with Crippen molar-refractivity contribution in [2.24, 2.45) is 0 Å². The molecule has 5 heteroatoms. The van der Waals surface area contributed by atoms with Gasteiger partial charge in [0.1, 0.15) is 5.52 Å². The van der Waals surface area contributed by atoms with Gasteiger partial charge in [0.2, 0.25) is 5.91 Å². The highest BCUT2D eigenvalue weighted by Crippen LogP contribution is 2.31. The van der Waals surface area contributed by atoms with E-state index in [9.17, 15) is 4.79 Å². The van der Waals surface area contributed by atoms with Crippen LogP contribution in [0.3, 0.4) is 0 Å². The smallest absolute Gasteiger partial charge is 0.219 e. The Morgan fingerprint density at radius 1 is 1.11 bits per heavy atom. The standard InChI is InChI=1S/C23H30N4O/c1-5-7-19(28)24-13-6-8-18-20(27-22-21(18)25-14-15-26-22)16-9-11-17(12-10-16)23(2,3)4/h9-12,14-15H,5-8,13H2,1-4H3,(H,24,28)(H,26,27). The second-order valence-electron chi connectivity index (χ2n) is 8.26. The molecule has 28 heavy (non-hydrogen) atoms. The first-order valence-corrected chi connectivity index (χ1v) is 10.1. The molecule has 3 aromatic rings. The molecule has 0 radical (unpaired) electrons. The molecule has 2 heterocycles. The largest absolute Gasteiger partial charge is 0.356 e. The van der Waals surface area contributed by atoms with Crippen LogP contribution in [-0.2, 0) is 16.6 Å². The molecule has 1 aromatic carbocycles. The molecule has 0 aliphatic heterocycles. The van der Waals surface area contributed by atoms with Crippen molar-refractivity contribution in [1.29, 1.82) is 0 Å². The number of aromatic amines is 1. The number of hydrogen-bond acceptors (Lipinski definition) is 3. The van der Waals surface area contributed by atoms with E-state index in [2.05, 4.69) is 65.3 Å². The summed E-state index contributed by atoms with van der Waals surface area (Å²) in [6.07, 6.45) is 6.60. The van der Waals surface area contributed by atoms with E-state index in [0.29, 0.717) is 13.0 Å². The number of rotatable bonds is 7. The summed E-state index contributed by atoms with van der Waals surface area (Å²) in [5.74, 6) is 0.124. The lowest BCUT2D eigenvalue weighted by Crippen LogP contribution is -2.24. The van der Waals surface area contributed by atoms with E-state index in [1.807, 2.05) is 6.92 Å². The lowest BCUT2D eigenvalue weighted by molar-refractivity contribution is -0.121. The van der Waals surface area contributed by atoms with Crippen molar-refractivity contribution in [3.8, 4) is 11.3 Å². The number of fused-ring (bicyclic) bond motifs is 1. The van der Waals surface area contributed by atoms with Crippen LogP contribution in [0.5, 0.6) is 0 Å². The third kappa shape index (κ3) is 4.58. The number of aryl methyl sites for hydroxylation is 1. The SMILES string of the molecule is CCCC(=O)NCCCc1c(-c2ccc(C(C)(C)C)cc2)[nH]c2nccnc12. The summed E-state index contributed by atoms with van der Waals surface area (Å²) in [5, 5.41) is 2.99. The summed E-state index contributed by atoms with van der Waals surface area (Å²) in [6.45, 7) is 9.35. The summed E-state index contributed by atoms with van der Waals surface area (Å²) in [7, 11) is 0. The first-order chi connectivity index (χ1) is 13.4. The molecule has 3 rings (SSSR count). The van der Waals surface area contributed by atoms with E-state index in [1.165, 1.54) is 5.56 Å². The molecule has 0 aliphatic carbocycles. The number of amides is 1. The van der Waals surface area contributed by atoms with Crippen LogP contribution in [0.2, 0.25) is 0 Å². The van der Waals surface area contributed by atoms with Gasteiger partial charge in [-0.15, -0.1) is 0 Å². The van der Waals surface area contributed by atoms with Gasteiger partial charge in [0.05, 0.1) is 5.69 Å². The molecule has 0 unspecified atom stereocenters. The molecule has 0 fully saturated rings. The van der Waals surface area contributed by atoms with Crippen molar-refractivity contribution in [3.05, 3.63) is 47.8 Å². The van der Waals surface area contributed by atoms with Crippen molar-refractivity contribution in [2.75, 3.05) is 6.54 Å². The van der Waals surface area contributed by atoms with Gasteiger partial charge in [-0.25, -0.2) is 4.98 Å². The summed E-state index contributed by atoms with van der Waals surface area (Å²) in [6, 6.07) is 8.71. The maximum atomic E-state index is 11.7. The van der Waals surface area contributed by atoms with Gasteiger partial charge in [0.25, 0.3) is 0 Å². The maximum Gasteiger partial charge on any atom is 0.219 e. The van der Waals surface area contributed by atoms with Gasteiger partial charge in [0.15, 0.2) is 5.65 Å². The van der Waals surface area contributed by atoms with E-state index >= 15 is 0 Å². The fraction of sp³-hybridized carbons (Fsp3) is 0.435.